The quantitative estimate of drug-likeness (QED) is 0.659. The summed E-state index contributed by atoms with van der Waals surface area (Å²) in [5.41, 5.74) is 6.90. The van der Waals surface area contributed by atoms with Crippen molar-refractivity contribution in [3.05, 3.63) is 24.3 Å². The Balaban J connectivity index is 1.72. The Morgan fingerprint density at radius 2 is 1.93 bits per heavy atom. The molecule has 3 rings (SSSR count). The van der Waals surface area contributed by atoms with Gasteiger partial charge in [-0.05, 0) is 42.5 Å². The molecule has 1 aromatic carbocycles. The van der Waals surface area contributed by atoms with E-state index >= 15 is 0 Å². The summed E-state index contributed by atoms with van der Waals surface area (Å²) in [6, 6.07) is 6.18. The monoisotopic (exact) mass is 416 g/mol. The maximum atomic E-state index is 13.0. The van der Waals surface area contributed by atoms with Crippen molar-refractivity contribution in [2.75, 3.05) is 36.5 Å². The van der Waals surface area contributed by atoms with Gasteiger partial charge in [0.25, 0.3) is 11.8 Å². The van der Waals surface area contributed by atoms with Crippen LogP contribution in [0.25, 0.3) is 0 Å². The van der Waals surface area contributed by atoms with Crippen LogP contribution in [0, 0.1) is 5.41 Å². The van der Waals surface area contributed by atoms with Crippen molar-refractivity contribution >= 4 is 29.1 Å². The van der Waals surface area contributed by atoms with E-state index in [-0.39, 0.29) is 24.0 Å². The summed E-state index contributed by atoms with van der Waals surface area (Å²) in [7, 11) is 0. The number of carbonyl (C=O) groups excluding carboxylic acids is 3. The minimum Gasteiger partial charge on any atom is -0.370 e. The van der Waals surface area contributed by atoms with E-state index in [1.165, 1.54) is 0 Å². The van der Waals surface area contributed by atoms with Crippen molar-refractivity contribution in [2.45, 2.75) is 52.1 Å². The highest BCUT2D eigenvalue weighted by Gasteiger charge is 2.39. The number of hydrogen-bond acceptors (Lipinski definition) is 5. The van der Waals surface area contributed by atoms with Gasteiger partial charge in [-0.15, -0.1) is 0 Å². The first-order valence-corrected chi connectivity index (χ1v) is 10.5. The average molecular weight is 417 g/mol. The lowest BCUT2D eigenvalue weighted by atomic mass is 9.86. The van der Waals surface area contributed by atoms with E-state index in [2.05, 4.69) is 26.1 Å². The maximum absolute atomic E-state index is 13.0. The Morgan fingerprint density at radius 1 is 1.27 bits per heavy atom. The van der Waals surface area contributed by atoms with Crippen LogP contribution in [0.15, 0.2) is 24.3 Å². The molecular weight excluding hydrogens is 384 g/mol. The molecule has 3 amide bonds. The Hall–Kier alpha value is -2.45. The number of benzene rings is 1. The third-order valence-corrected chi connectivity index (χ3v) is 5.48. The summed E-state index contributed by atoms with van der Waals surface area (Å²) < 4.78 is 5.15. The first-order valence-electron chi connectivity index (χ1n) is 10.5. The van der Waals surface area contributed by atoms with Gasteiger partial charge in [0.15, 0.2) is 6.04 Å². The lowest BCUT2D eigenvalue weighted by molar-refractivity contribution is -0.135. The fourth-order valence-corrected chi connectivity index (χ4v) is 3.87. The van der Waals surface area contributed by atoms with Gasteiger partial charge in [0, 0.05) is 30.5 Å². The summed E-state index contributed by atoms with van der Waals surface area (Å²) in [6.07, 6.45) is 3.03. The molecule has 164 valence electrons. The number of ether oxygens (including phenoxy) is 1. The number of nitrogens with two attached hydrogens (primary N) is 1. The summed E-state index contributed by atoms with van der Waals surface area (Å²) in [5, 5.41) is 2.82. The van der Waals surface area contributed by atoms with Crippen LogP contribution in [-0.4, -0.2) is 61.0 Å². The summed E-state index contributed by atoms with van der Waals surface area (Å²) >= 11 is 0. The van der Waals surface area contributed by atoms with Crippen molar-refractivity contribution in [1.29, 1.82) is 0 Å². The minimum atomic E-state index is -1.02. The molecule has 0 unspecified atom stereocenters. The number of amides is 3. The van der Waals surface area contributed by atoms with E-state index in [0.717, 1.165) is 24.9 Å². The number of anilines is 2. The van der Waals surface area contributed by atoms with E-state index < -0.39 is 17.9 Å². The molecule has 1 atom stereocenters. The minimum absolute atomic E-state index is 0.0730. The third-order valence-electron chi connectivity index (χ3n) is 5.48. The zero-order chi connectivity index (χ0) is 21.9. The van der Waals surface area contributed by atoms with Gasteiger partial charge >= 0.3 is 0 Å². The van der Waals surface area contributed by atoms with Crippen molar-refractivity contribution in [2.24, 2.45) is 11.1 Å². The molecule has 8 heteroatoms. The lowest BCUT2D eigenvalue weighted by Gasteiger charge is -2.43. The van der Waals surface area contributed by atoms with Gasteiger partial charge in [-0.2, -0.15) is 0 Å². The van der Waals surface area contributed by atoms with Crippen molar-refractivity contribution in [1.82, 2.24) is 4.90 Å². The maximum Gasteiger partial charge on any atom is 0.253 e. The molecule has 0 spiro atoms. The van der Waals surface area contributed by atoms with Gasteiger partial charge in [-0.1, -0.05) is 27.2 Å². The Bertz CT molecular complexity index is 783. The second kappa shape index (κ2) is 9.14. The van der Waals surface area contributed by atoms with Crippen molar-refractivity contribution < 1.29 is 19.1 Å². The lowest BCUT2D eigenvalue weighted by Crippen LogP contribution is -2.59. The zero-order valence-electron chi connectivity index (χ0n) is 18.0. The second-order valence-electron chi connectivity index (χ2n) is 9.26. The van der Waals surface area contributed by atoms with Gasteiger partial charge in [0.05, 0.1) is 6.61 Å². The molecule has 1 aliphatic heterocycles. The van der Waals surface area contributed by atoms with Crippen LogP contribution in [0.4, 0.5) is 11.4 Å². The molecule has 1 aliphatic carbocycles. The van der Waals surface area contributed by atoms with Gasteiger partial charge in [0.2, 0.25) is 5.91 Å². The number of morpholine rings is 1. The highest BCUT2D eigenvalue weighted by Crippen LogP contribution is 2.30. The van der Waals surface area contributed by atoms with E-state index in [0.29, 0.717) is 25.4 Å². The van der Waals surface area contributed by atoms with Gasteiger partial charge in [-0.3, -0.25) is 19.3 Å². The summed E-state index contributed by atoms with van der Waals surface area (Å²) in [6.45, 7) is 7.92. The van der Waals surface area contributed by atoms with Crippen LogP contribution in [-0.2, 0) is 19.1 Å². The van der Waals surface area contributed by atoms with E-state index in [4.69, 9.17) is 10.5 Å². The predicted octanol–water partition coefficient (Wildman–Crippen LogP) is 1.74. The molecule has 8 nitrogen and oxygen atoms in total. The molecule has 2 fully saturated rings. The third kappa shape index (κ3) is 5.37. The molecule has 1 aromatic rings. The molecule has 1 saturated carbocycles. The zero-order valence-corrected chi connectivity index (χ0v) is 18.0. The largest absolute Gasteiger partial charge is 0.370 e. The fourth-order valence-electron chi connectivity index (χ4n) is 3.87. The molecule has 0 radical (unpaired) electrons. The predicted molar refractivity (Wildman–Crippen MR) is 115 cm³/mol. The van der Waals surface area contributed by atoms with Crippen molar-refractivity contribution in [3.8, 4) is 0 Å². The standard InChI is InChI=1S/C22H32N4O4/c1-22(2,3)14-26(16-5-4-6-16)19(20(23)28)21(29)24-15-7-9-17(10-8-15)25-11-12-30-13-18(25)27/h7-10,16,19H,4-6,11-14H2,1-3H3,(H2,23,28)(H,24,29)/t19-/m0/s1. The van der Waals surface area contributed by atoms with Crippen LogP contribution in [0.2, 0.25) is 0 Å². The summed E-state index contributed by atoms with van der Waals surface area (Å²) in [4.78, 5) is 40.9. The number of hydrogen-bond donors (Lipinski definition) is 2. The molecule has 3 N–H and O–H groups in total. The van der Waals surface area contributed by atoms with Crippen LogP contribution in [0.1, 0.15) is 40.0 Å². The van der Waals surface area contributed by atoms with Gasteiger partial charge in [0.1, 0.15) is 6.61 Å². The second-order valence-corrected chi connectivity index (χ2v) is 9.26. The Morgan fingerprint density at radius 3 is 2.43 bits per heavy atom. The molecule has 1 saturated heterocycles. The van der Waals surface area contributed by atoms with E-state index in [1.807, 2.05) is 4.90 Å². The van der Waals surface area contributed by atoms with E-state index in [1.54, 1.807) is 29.2 Å². The number of carbonyl (C=O) groups is 3. The van der Waals surface area contributed by atoms with Gasteiger partial charge in [-0.25, -0.2) is 0 Å². The van der Waals surface area contributed by atoms with E-state index in [9.17, 15) is 14.4 Å². The normalized spacial score (nSPS) is 18.8. The molecule has 1 heterocycles. The molecule has 30 heavy (non-hydrogen) atoms. The molecular formula is C22H32N4O4. The molecule has 2 aliphatic rings. The first-order chi connectivity index (χ1) is 14.2. The molecule has 0 aromatic heterocycles. The van der Waals surface area contributed by atoms with Gasteiger partial charge < -0.3 is 20.7 Å². The Kier molecular flexibility index (Phi) is 6.77. The smallest absolute Gasteiger partial charge is 0.253 e. The van der Waals surface area contributed by atoms with Crippen LogP contribution in [0.5, 0.6) is 0 Å². The SMILES string of the molecule is CC(C)(C)CN(C1CCC1)[C@@H](C(N)=O)C(=O)Nc1ccc(N2CCOCC2=O)cc1. The summed E-state index contributed by atoms with van der Waals surface area (Å²) in [5.74, 6) is -1.15. The van der Waals surface area contributed by atoms with Crippen LogP contribution < -0.4 is 16.0 Å². The van der Waals surface area contributed by atoms with Crippen molar-refractivity contribution in [3.63, 3.8) is 0 Å². The molecule has 0 bridgehead atoms. The van der Waals surface area contributed by atoms with Crippen LogP contribution in [0.3, 0.4) is 0 Å². The number of rotatable bonds is 7. The highest BCUT2D eigenvalue weighted by molar-refractivity contribution is 6.09. The fraction of sp³-hybridized carbons (Fsp3) is 0.591. The number of nitrogens with zero attached hydrogens (tertiary/aromatic N) is 2. The number of primary amides is 1. The first kappa shape index (κ1) is 22.2. The number of nitrogens with one attached hydrogen (secondary N) is 1. The van der Waals surface area contributed by atoms with Crippen LogP contribution >= 0.6 is 0 Å². The Labute approximate surface area is 177 Å². The highest BCUT2D eigenvalue weighted by atomic mass is 16.5. The average Bonchev–Trinajstić information content (AvgIpc) is 2.60. The topological polar surface area (TPSA) is 105 Å².